The normalized spacial score (nSPS) is 12.6. The minimum absolute atomic E-state index is 0.0708. The first-order valence-electron chi connectivity index (χ1n) is 4.91. The molecule has 0 heterocycles. The van der Waals surface area contributed by atoms with Crippen LogP contribution in [0.5, 0.6) is 5.75 Å². The van der Waals surface area contributed by atoms with Gasteiger partial charge in [0.15, 0.2) is 0 Å². The fraction of sp³-hybridized carbons (Fsp3) is 0.455. The van der Waals surface area contributed by atoms with Gasteiger partial charge in [-0.05, 0) is 31.9 Å². The van der Waals surface area contributed by atoms with Gasteiger partial charge in [-0.15, -0.1) is 0 Å². The van der Waals surface area contributed by atoms with Crippen molar-refractivity contribution in [3.8, 4) is 5.75 Å². The summed E-state index contributed by atoms with van der Waals surface area (Å²) in [5, 5.41) is 1.05. The molecule has 2 N–H and O–H groups in total. The third kappa shape index (κ3) is 3.56. The molecule has 0 fully saturated rings. The SMILES string of the molecule is CCOc1cc(Cl)c(Cl)cc1CC(C)N. The topological polar surface area (TPSA) is 35.2 Å². The zero-order chi connectivity index (χ0) is 11.4. The molecule has 15 heavy (non-hydrogen) atoms. The van der Waals surface area contributed by atoms with Gasteiger partial charge >= 0.3 is 0 Å². The largest absolute Gasteiger partial charge is 0.494 e. The molecule has 2 nitrogen and oxygen atoms in total. The summed E-state index contributed by atoms with van der Waals surface area (Å²) in [7, 11) is 0. The first kappa shape index (κ1) is 12.6. The van der Waals surface area contributed by atoms with Crippen LogP contribution in [-0.2, 0) is 6.42 Å². The van der Waals surface area contributed by atoms with E-state index in [4.69, 9.17) is 33.7 Å². The van der Waals surface area contributed by atoms with E-state index < -0.39 is 0 Å². The van der Waals surface area contributed by atoms with Gasteiger partial charge in [-0.3, -0.25) is 0 Å². The second-order valence-corrected chi connectivity index (χ2v) is 4.30. The predicted molar refractivity (Wildman–Crippen MR) is 65.0 cm³/mol. The Bertz CT molecular complexity index is 340. The Morgan fingerprint density at radius 2 is 1.93 bits per heavy atom. The molecule has 0 aliphatic carbocycles. The van der Waals surface area contributed by atoms with Crippen LogP contribution in [0, 0.1) is 0 Å². The molecule has 0 saturated heterocycles. The van der Waals surface area contributed by atoms with E-state index in [0.717, 1.165) is 17.7 Å². The zero-order valence-corrected chi connectivity index (χ0v) is 10.4. The lowest BCUT2D eigenvalue weighted by Gasteiger charge is -2.13. The third-order valence-corrected chi connectivity index (χ3v) is 2.67. The number of hydrogen-bond acceptors (Lipinski definition) is 2. The van der Waals surface area contributed by atoms with Gasteiger partial charge in [0.25, 0.3) is 0 Å². The van der Waals surface area contributed by atoms with Crippen LogP contribution in [0.25, 0.3) is 0 Å². The maximum atomic E-state index is 5.94. The first-order valence-corrected chi connectivity index (χ1v) is 5.66. The van der Waals surface area contributed by atoms with Crippen molar-refractivity contribution in [2.24, 2.45) is 5.73 Å². The summed E-state index contributed by atoms with van der Waals surface area (Å²) in [6.07, 6.45) is 0.728. The average Bonchev–Trinajstić information content (AvgIpc) is 2.13. The van der Waals surface area contributed by atoms with E-state index in [0.29, 0.717) is 16.7 Å². The van der Waals surface area contributed by atoms with E-state index in [1.807, 2.05) is 19.9 Å². The van der Waals surface area contributed by atoms with E-state index in [9.17, 15) is 0 Å². The van der Waals surface area contributed by atoms with E-state index in [1.54, 1.807) is 6.07 Å². The predicted octanol–water partition coefficient (Wildman–Crippen LogP) is 3.28. The van der Waals surface area contributed by atoms with Crippen molar-refractivity contribution in [2.45, 2.75) is 26.3 Å². The first-order chi connectivity index (χ1) is 7.04. The van der Waals surface area contributed by atoms with Crippen molar-refractivity contribution < 1.29 is 4.74 Å². The van der Waals surface area contributed by atoms with Crippen LogP contribution in [0.1, 0.15) is 19.4 Å². The van der Waals surface area contributed by atoms with Crippen molar-refractivity contribution in [3.05, 3.63) is 27.7 Å². The number of benzene rings is 1. The average molecular weight is 248 g/mol. The van der Waals surface area contributed by atoms with Gasteiger partial charge < -0.3 is 10.5 Å². The standard InChI is InChI=1S/C11H15Cl2NO/c1-3-15-11-6-10(13)9(12)5-8(11)4-7(2)14/h5-7H,3-4,14H2,1-2H3. The number of nitrogens with two attached hydrogens (primary N) is 1. The van der Waals surface area contributed by atoms with Crippen LogP contribution in [0.3, 0.4) is 0 Å². The summed E-state index contributed by atoms with van der Waals surface area (Å²) in [4.78, 5) is 0. The molecule has 0 radical (unpaired) electrons. The summed E-state index contributed by atoms with van der Waals surface area (Å²) >= 11 is 11.9. The highest BCUT2D eigenvalue weighted by Gasteiger charge is 2.10. The number of hydrogen-bond donors (Lipinski definition) is 1. The van der Waals surface area contributed by atoms with Gasteiger partial charge in [0.05, 0.1) is 16.7 Å². The summed E-state index contributed by atoms with van der Waals surface area (Å²) in [6.45, 7) is 4.47. The molecule has 0 aliphatic heterocycles. The lowest BCUT2D eigenvalue weighted by molar-refractivity contribution is 0.336. The van der Waals surface area contributed by atoms with Crippen LogP contribution >= 0.6 is 23.2 Å². The number of rotatable bonds is 4. The van der Waals surface area contributed by atoms with Crippen molar-refractivity contribution >= 4 is 23.2 Å². The molecule has 1 unspecified atom stereocenters. The Morgan fingerprint density at radius 3 is 2.47 bits per heavy atom. The molecule has 84 valence electrons. The third-order valence-electron chi connectivity index (χ3n) is 1.95. The van der Waals surface area contributed by atoms with E-state index in [-0.39, 0.29) is 6.04 Å². The molecule has 0 amide bonds. The van der Waals surface area contributed by atoms with Gasteiger partial charge in [0, 0.05) is 12.1 Å². The van der Waals surface area contributed by atoms with Gasteiger partial charge in [0.1, 0.15) is 5.75 Å². The van der Waals surface area contributed by atoms with E-state index >= 15 is 0 Å². The van der Waals surface area contributed by atoms with Gasteiger partial charge in [0.2, 0.25) is 0 Å². The van der Waals surface area contributed by atoms with Gasteiger partial charge in [-0.2, -0.15) is 0 Å². The highest BCUT2D eigenvalue weighted by Crippen LogP contribution is 2.31. The van der Waals surface area contributed by atoms with E-state index in [1.165, 1.54) is 0 Å². The van der Waals surface area contributed by atoms with Crippen molar-refractivity contribution in [2.75, 3.05) is 6.61 Å². The molecule has 0 aromatic heterocycles. The van der Waals surface area contributed by atoms with Crippen molar-refractivity contribution in [1.29, 1.82) is 0 Å². The Balaban J connectivity index is 3.04. The Kier molecular flexibility index (Phi) is 4.71. The fourth-order valence-corrected chi connectivity index (χ4v) is 1.71. The summed E-state index contributed by atoms with van der Waals surface area (Å²) < 4.78 is 5.48. The Labute approximate surface area is 100 Å². The number of ether oxygens (including phenoxy) is 1. The second kappa shape index (κ2) is 5.59. The van der Waals surface area contributed by atoms with Crippen LogP contribution in [-0.4, -0.2) is 12.6 Å². The Hall–Kier alpha value is -0.440. The van der Waals surface area contributed by atoms with Gasteiger partial charge in [-0.1, -0.05) is 23.2 Å². The monoisotopic (exact) mass is 247 g/mol. The summed E-state index contributed by atoms with van der Waals surface area (Å²) in [5.41, 5.74) is 6.75. The second-order valence-electron chi connectivity index (χ2n) is 3.49. The lowest BCUT2D eigenvalue weighted by atomic mass is 10.1. The summed E-state index contributed by atoms with van der Waals surface area (Å²) in [6, 6.07) is 3.63. The quantitative estimate of drug-likeness (QED) is 0.887. The van der Waals surface area contributed by atoms with E-state index in [2.05, 4.69) is 0 Å². The van der Waals surface area contributed by atoms with Crippen LogP contribution in [0.4, 0.5) is 0 Å². The molecule has 4 heteroatoms. The molecular weight excluding hydrogens is 233 g/mol. The molecular formula is C11H15Cl2NO. The maximum Gasteiger partial charge on any atom is 0.124 e. The molecule has 0 saturated carbocycles. The minimum atomic E-state index is 0.0708. The molecule has 0 spiro atoms. The molecule has 1 aromatic rings. The Morgan fingerprint density at radius 1 is 1.33 bits per heavy atom. The highest BCUT2D eigenvalue weighted by molar-refractivity contribution is 6.42. The maximum absolute atomic E-state index is 5.94. The molecule has 0 bridgehead atoms. The molecule has 0 aliphatic rings. The highest BCUT2D eigenvalue weighted by atomic mass is 35.5. The number of halogens is 2. The minimum Gasteiger partial charge on any atom is -0.494 e. The van der Waals surface area contributed by atoms with Gasteiger partial charge in [-0.25, -0.2) is 0 Å². The molecule has 1 atom stereocenters. The smallest absolute Gasteiger partial charge is 0.124 e. The molecule has 1 rings (SSSR count). The van der Waals surface area contributed by atoms with Crippen LogP contribution in [0.2, 0.25) is 10.0 Å². The summed E-state index contributed by atoms with van der Waals surface area (Å²) in [5.74, 6) is 0.768. The lowest BCUT2D eigenvalue weighted by Crippen LogP contribution is -2.18. The fourth-order valence-electron chi connectivity index (χ4n) is 1.37. The zero-order valence-electron chi connectivity index (χ0n) is 8.89. The van der Waals surface area contributed by atoms with Crippen LogP contribution in [0.15, 0.2) is 12.1 Å². The van der Waals surface area contributed by atoms with Crippen LogP contribution < -0.4 is 10.5 Å². The molecule has 1 aromatic carbocycles. The van der Waals surface area contributed by atoms with Crippen molar-refractivity contribution in [3.63, 3.8) is 0 Å². The van der Waals surface area contributed by atoms with Crippen molar-refractivity contribution in [1.82, 2.24) is 0 Å².